The van der Waals surface area contributed by atoms with E-state index in [9.17, 15) is 0 Å². The van der Waals surface area contributed by atoms with Gasteiger partial charge in [0.25, 0.3) is 0 Å². The topological polar surface area (TPSA) is 24.5 Å². The normalized spacial score (nSPS) is 29.5. The zero-order valence-electron chi connectivity index (χ0n) is 11.7. The Hall–Kier alpha value is -0.120. The van der Waals surface area contributed by atoms with E-state index in [0.717, 1.165) is 13.2 Å². The van der Waals surface area contributed by atoms with Crippen molar-refractivity contribution in [2.75, 3.05) is 26.3 Å². The first-order valence-corrected chi connectivity index (χ1v) is 7.14. The smallest absolute Gasteiger partial charge is 0.0619 e. The fraction of sp³-hybridized carbons (Fsp3) is 1.00. The first-order chi connectivity index (χ1) is 8.05. The molecular formula is C14H28N2O. The highest BCUT2D eigenvalue weighted by Crippen LogP contribution is 2.21. The minimum Gasteiger partial charge on any atom is -0.380 e. The van der Waals surface area contributed by atoms with Gasteiger partial charge >= 0.3 is 0 Å². The van der Waals surface area contributed by atoms with Crippen molar-refractivity contribution >= 4 is 0 Å². The summed E-state index contributed by atoms with van der Waals surface area (Å²) in [5.41, 5.74) is 0.332. The van der Waals surface area contributed by atoms with Gasteiger partial charge in [0, 0.05) is 37.3 Å². The van der Waals surface area contributed by atoms with Crippen LogP contribution in [-0.4, -0.2) is 48.8 Å². The molecule has 0 amide bonds. The third-order valence-electron chi connectivity index (χ3n) is 4.08. The Labute approximate surface area is 106 Å². The Morgan fingerprint density at radius 1 is 1.06 bits per heavy atom. The summed E-state index contributed by atoms with van der Waals surface area (Å²) in [6.07, 6.45) is 5.08. The summed E-state index contributed by atoms with van der Waals surface area (Å²) in [6.45, 7) is 11.3. The quantitative estimate of drug-likeness (QED) is 0.799. The van der Waals surface area contributed by atoms with E-state index in [-0.39, 0.29) is 0 Å². The molecule has 0 spiro atoms. The molecule has 0 aromatic carbocycles. The van der Waals surface area contributed by atoms with Crippen LogP contribution in [0.2, 0.25) is 0 Å². The Bertz CT molecular complexity index is 223. The fourth-order valence-corrected chi connectivity index (χ4v) is 2.92. The van der Waals surface area contributed by atoms with Gasteiger partial charge in [-0.25, -0.2) is 0 Å². The lowest BCUT2D eigenvalue weighted by atomic mass is 9.97. The Balaban J connectivity index is 1.71. The Kier molecular flexibility index (Phi) is 4.45. The lowest BCUT2D eigenvalue weighted by Gasteiger charge is -2.42. The summed E-state index contributed by atoms with van der Waals surface area (Å²) in [7, 11) is 0. The van der Waals surface area contributed by atoms with Crippen LogP contribution in [0.1, 0.15) is 46.5 Å². The number of hydrogen-bond donors (Lipinski definition) is 1. The third kappa shape index (κ3) is 3.94. The maximum Gasteiger partial charge on any atom is 0.0619 e. The van der Waals surface area contributed by atoms with Crippen molar-refractivity contribution < 1.29 is 4.74 Å². The van der Waals surface area contributed by atoms with E-state index in [4.69, 9.17) is 4.74 Å². The summed E-state index contributed by atoms with van der Waals surface area (Å²) >= 11 is 0. The molecule has 2 fully saturated rings. The van der Waals surface area contributed by atoms with Gasteiger partial charge < -0.3 is 10.1 Å². The predicted molar refractivity (Wildman–Crippen MR) is 71.3 cm³/mol. The molecule has 17 heavy (non-hydrogen) atoms. The number of nitrogens with one attached hydrogen (secondary N) is 1. The SMILES string of the molecule is CC(C)(C)N1CCC(NC2CCCOC2)CC1. The van der Waals surface area contributed by atoms with Gasteiger partial charge in [-0.3, -0.25) is 4.90 Å². The summed E-state index contributed by atoms with van der Waals surface area (Å²) in [5, 5.41) is 3.78. The number of hydrogen-bond acceptors (Lipinski definition) is 3. The fourth-order valence-electron chi connectivity index (χ4n) is 2.92. The van der Waals surface area contributed by atoms with E-state index in [1.807, 2.05) is 0 Å². The molecule has 0 saturated carbocycles. The lowest BCUT2D eigenvalue weighted by molar-refractivity contribution is 0.0530. The van der Waals surface area contributed by atoms with E-state index < -0.39 is 0 Å². The van der Waals surface area contributed by atoms with E-state index in [1.165, 1.54) is 38.8 Å². The average Bonchev–Trinajstić information content (AvgIpc) is 2.30. The molecule has 0 bridgehead atoms. The Morgan fingerprint density at radius 2 is 1.76 bits per heavy atom. The zero-order valence-corrected chi connectivity index (χ0v) is 11.7. The molecule has 2 heterocycles. The summed E-state index contributed by atoms with van der Waals surface area (Å²) in [4.78, 5) is 2.60. The van der Waals surface area contributed by atoms with Crippen LogP contribution in [0.15, 0.2) is 0 Å². The molecular weight excluding hydrogens is 212 g/mol. The van der Waals surface area contributed by atoms with Crippen molar-refractivity contribution in [3.05, 3.63) is 0 Å². The molecule has 2 aliphatic rings. The van der Waals surface area contributed by atoms with Gasteiger partial charge in [0.15, 0.2) is 0 Å². The Morgan fingerprint density at radius 3 is 2.29 bits per heavy atom. The summed E-state index contributed by atoms with van der Waals surface area (Å²) in [6, 6.07) is 1.32. The standard InChI is InChI=1S/C14H28N2O/c1-14(2,3)16-8-6-12(7-9-16)15-13-5-4-10-17-11-13/h12-13,15H,4-11H2,1-3H3. The van der Waals surface area contributed by atoms with Gasteiger partial charge in [-0.2, -0.15) is 0 Å². The number of rotatable bonds is 2. The number of ether oxygens (including phenoxy) is 1. The van der Waals surface area contributed by atoms with Gasteiger partial charge in [-0.1, -0.05) is 0 Å². The van der Waals surface area contributed by atoms with Crippen LogP contribution < -0.4 is 5.32 Å². The molecule has 2 saturated heterocycles. The molecule has 1 N–H and O–H groups in total. The highest BCUT2D eigenvalue weighted by atomic mass is 16.5. The first-order valence-electron chi connectivity index (χ1n) is 7.14. The predicted octanol–water partition coefficient (Wildman–Crippen LogP) is 2.02. The second-order valence-corrected chi connectivity index (χ2v) is 6.51. The largest absolute Gasteiger partial charge is 0.380 e. The van der Waals surface area contributed by atoms with Crippen LogP contribution in [-0.2, 0) is 4.74 Å². The number of piperidine rings is 1. The van der Waals surface area contributed by atoms with E-state index >= 15 is 0 Å². The van der Waals surface area contributed by atoms with Crippen molar-refractivity contribution in [2.24, 2.45) is 0 Å². The molecule has 3 nitrogen and oxygen atoms in total. The molecule has 0 radical (unpaired) electrons. The molecule has 2 aliphatic heterocycles. The van der Waals surface area contributed by atoms with Crippen molar-refractivity contribution in [1.29, 1.82) is 0 Å². The van der Waals surface area contributed by atoms with Gasteiger partial charge in [0.2, 0.25) is 0 Å². The maximum atomic E-state index is 5.53. The van der Waals surface area contributed by atoms with Crippen molar-refractivity contribution in [3.8, 4) is 0 Å². The summed E-state index contributed by atoms with van der Waals surface area (Å²) < 4.78 is 5.53. The van der Waals surface area contributed by atoms with Crippen LogP contribution in [0.4, 0.5) is 0 Å². The molecule has 0 aliphatic carbocycles. The van der Waals surface area contributed by atoms with Gasteiger partial charge in [-0.05, 0) is 46.5 Å². The maximum absolute atomic E-state index is 5.53. The van der Waals surface area contributed by atoms with Crippen LogP contribution in [0.5, 0.6) is 0 Å². The molecule has 0 aromatic rings. The highest BCUT2D eigenvalue weighted by molar-refractivity contribution is 4.86. The van der Waals surface area contributed by atoms with Crippen LogP contribution in [0.3, 0.4) is 0 Å². The van der Waals surface area contributed by atoms with Crippen molar-refractivity contribution in [2.45, 2.75) is 64.1 Å². The van der Waals surface area contributed by atoms with Gasteiger partial charge in [0.1, 0.15) is 0 Å². The van der Waals surface area contributed by atoms with Crippen LogP contribution in [0.25, 0.3) is 0 Å². The average molecular weight is 240 g/mol. The van der Waals surface area contributed by atoms with Crippen LogP contribution in [0, 0.1) is 0 Å². The monoisotopic (exact) mass is 240 g/mol. The highest BCUT2D eigenvalue weighted by Gasteiger charge is 2.28. The van der Waals surface area contributed by atoms with E-state index in [0.29, 0.717) is 17.6 Å². The molecule has 100 valence electrons. The molecule has 1 atom stereocenters. The molecule has 1 unspecified atom stereocenters. The second-order valence-electron chi connectivity index (χ2n) is 6.51. The van der Waals surface area contributed by atoms with Crippen molar-refractivity contribution in [1.82, 2.24) is 10.2 Å². The zero-order chi connectivity index (χ0) is 12.3. The van der Waals surface area contributed by atoms with Crippen molar-refractivity contribution in [3.63, 3.8) is 0 Å². The van der Waals surface area contributed by atoms with Crippen LogP contribution >= 0.6 is 0 Å². The molecule has 0 aromatic heterocycles. The van der Waals surface area contributed by atoms with E-state index in [2.05, 4.69) is 31.0 Å². The second kappa shape index (κ2) is 5.68. The number of nitrogens with zero attached hydrogens (tertiary/aromatic N) is 1. The lowest BCUT2D eigenvalue weighted by Crippen LogP contribution is -2.52. The van der Waals surface area contributed by atoms with Gasteiger partial charge in [-0.15, -0.1) is 0 Å². The van der Waals surface area contributed by atoms with Gasteiger partial charge in [0.05, 0.1) is 6.61 Å². The minimum atomic E-state index is 0.332. The number of likely N-dealkylation sites (tertiary alicyclic amines) is 1. The summed E-state index contributed by atoms with van der Waals surface area (Å²) in [5.74, 6) is 0. The minimum absolute atomic E-state index is 0.332. The third-order valence-corrected chi connectivity index (χ3v) is 4.08. The van der Waals surface area contributed by atoms with E-state index in [1.54, 1.807) is 0 Å². The molecule has 3 heteroatoms. The molecule has 2 rings (SSSR count). The first kappa shape index (κ1) is 13.3.